The molecule has 0 bridgehead atoms. The second-order valence-electron chi connectivity index (χ2n) is 10.6. The van der Waals surface area contributed by atoms with Crippen LogP contribution >= 0.6 is 0 Å². The highest BCUT2D eigenvalue weighted by molar-refractivity contribution is 6.23. The Kier molecular flexibility index (Phi) is 5.34. The molecular weight excluding hydrogens is 482 g/mol. The Hall–Kier alpha value is -5.01. The molecule has 1 nitrogen and oxygen atoms in total. The molecule has 0 fully saturated rings. The zero-order valence-corrected chi connectivity index (χ0v) is 22.1. The lowest BCUT2D eigenvalue weighted by Crippen LogP contribution is -2.29. The minimum atomic E-state index is 1.04. The first kappa shape index (κ1) is 22.9. The predicted octanol–water partition coefficient (Wildman–Crippen LogP) is 8.65. The first-order valence-corrected chi connectivity index (χ1v) is 14.0. The van der Waals surface area contributed by atoms with Gasteiger partial charge in [0.15, 0.2) is 0 Å². The van der Waals surface area contributed by atoms with Crippen molar-refractivity contribution >= 4 is 44.1 Å². The van der Waals surface area contributed by atoms with Gasteiger partial charge in [-0.15, -0.1) is 0 Å². The van der Waals surface area contributed by atoms with E-state index in [1.165, 1.54) is 70.8 Å². The maximum Gasteiger partial charge on any atom is 0.0793 e. The van der Waals surface area contributed by atoms with Crippen LogP contribution in [0.2, 0.25) is 0 Å². The summed E-state index contributed by atoms with van der Waals surface area (Å²) in [5, 5.41) is 8.86. The lowest BCUT2D eigenvalue weighted by atomic mass is 9.83. The molecule has 8 rings (SSSR count). The molecular formula is C39H27N. The summed E-state index contributed by atoms with van der Waals surface area (Å²) in [6.45, 7) is 0. The predicted molar refractivity (Wildman–Crippen MR) is 170 cm³/mol. The van der Waals surface area contributed by atoms with Gasteiger partial charge in [-0.25, -0.2) is 0 Å². The first-order valence-electron chi connectivity index (χ1n) is 14.0. The molecule has 6 aromatic carbocycles. The fraction of sp³-hybridized carbons (Fsp3) is 0.0513. The van der Waals surface area contributed by atoms with Crippen LogP contribution in [0.15, 0.2) is 134 Å². The summed E-state index contributed by atoms with van der Waals surface area (Å²) in [7, 11) is 0. The lowest BCUT2D eigenvalue weighted by molar-refractivity contribution is 1.08. The Morgan fingerprint density at radius 1 is 0.475 bits per heavy atom. The summed E-state index contributed by atoms with van der Waals surface area (Å²) in [6.07, 6.45) is 6.40. The van der Waals surface area contributed by atoms with Crippen molar-refractivity contribution in [2.24, 2.45) is 0 Å². The van der Waals surface area contributed by atoms with Gasteiger partial charge in [0.05, 0.1) is 5.52 Å². The van der Waals surface area contributed by atoms with E-state index < -0.39 is 0 Å². The van der Waals surface area contributed by atoms with E-state index in [-0.39, 0.29) is 0 Å². The Labute approximate surface area is 233 Å². The van der Waals surface area contributed by atoms with Gasteiger partial charge in [-0.05, 0) is 78.7 Å². The van der Waals surface area contributed by atoms with Crippen molar-refractivity contribution in [1.82, 2.24) is 4.98 Å². The van der Waals surface area contributed by atoms with Gasteiger partial charge in [-0.2, -0.15) is 0 Å². The number of hydrogen-bond donors (Lipinski definition) is 0. The van der Waals surface area contributed by atoms with Crippen LogP contribution in [0.25, 0.3) is 66.4 Å². The summed E-state index contributed by atoms with van der Waals surface area (Å²) in [5.41, 5.74) is 8.75. The third-order valence-electron chi connectivity index (χ3n) is 8.40. The molecule has 40 heavy (non-hydrogen) atoms. The summed E-state index contributed by atoms with van der Waals surface area (Å²) in [4.78, 5) is 5.07. The smallest absolute Gasteiger partial charge is 0.0793 e. The molecule has 0 saturated carbocycles. The molecule has 0 N–H and O–H groups in total. The van der Waals surface area contributed by atoms with Crippen molar-refractivity contribution in [3.05, 3.63) is 150 Å². The lowest BCUT2D eigenvalue weighted by Gasteiger charge is -2.21. The van der Waals surface area contributed by atoms with Crippen molar-refractivity contribution in [2.45, 2.75) is 12.8 Å². The Balaban J connectivity index is 1.52. The van der Waals surface area contributed by atoms with E-state index in [2.05, 4.69) is 133 Å². The van der Waals surface area contributed by atoms with E-state index in [1.54, 1.807) is 0 Å². The zero-order chi connectivity index (χ0) is 26.5. The molecule has 1 aromatic heterocycles. The topological polar surface area (TPSA) is 12.9 Å². The van der Waals surface area contributed by atoms with Crippen molar-refractivity contribution in [2.75, 3.05) is 0 Å². The van der Waals surface area contributed by atoms with Gasteiger partial charge in [0.1, 0.15) is 0 Å². The molecule has 1 aliphatic carbocycles. The fourth-order valence-electron chi connectivity index (χ4n) is 6.70. The van der Waals surface area contributed by atoms with Crippen LogP contribution in [-0.2, 0) is 0 Å². The first-order chi connectivity index (χ1) is 19.9. The average Bonchev–Trinajstić information content (AvgIpc) is 3.03. The Morgan fingerprint density at radius 3 is 2.02 bits per heavy atom. The van der Waals surface area contributed by atoms with Gasteiger partial charge in [0.2, 0.25) is 0 Å². The maximum atomic E-state index is 5.07. The summed E-state index contributed by atoms with van der Waals surface area (Å²) < 4.78 is 0. The number of hydrogen-bond acceptors (Lipinski definition) is 1. The van der Waals surface area contributed by atoms with Crippen molar-refractivity contribution in [1.29, 1.82) is 0 Å². The number of benzene rings is 6. The van der Waals surface area contributed by atoms with Crippen molar-refractivity contribution < 1.29 is 0 Å². The van der Waals surface area contributed by atoms with Gasteiger partial charge in [-0.3, -0.25) is 4.98 Å². The van der Waals surface area contributed by atoms with Gasteiger partial charge >= 0.3 is 0 Å². The number of pyridine rings is 1. The minimum Gasteiger partial charge on any atom is -0.256 e. The third-order valence-corrected chi connectivity index (χ3v) is 8.40. The molecule has 0 unspecified atom stereocenters. The van der Waals surface area contributed by atoms with Crippen LogP contribution in [-0.4, -0.2) is 4.98 Å². The van der Waals surface area contributed by atoms with E-state index >= 15 is 0 Å². The maximum absolute atomic E-state index is 5.07. The zero-order valence-electron chi connectivity index (χ0n) is 22.1. The molecule has 1 heteroatoms. The third kappa shape index (κ3) is 3.52. The van der Waals surface area contributed by atoms with Crippen molar-refractivity contribution in [3.8, 4) is 22.3 Å². The Morgan fingerprint density at radius 2 is 1.12 bits per heavy atom. The molecule has 0 aliphatic heterocycles. The molecule has 188 valence electrons. The van der Waals surface area contributed by atoms with Crippen molar-refractivity contribution in [3.63, 3.8) is 0 Å². The van der Waals surface area contributed by atoms with Crippen LogP contribution in [0, 0.1) is 0 Å². The molecule has 1 heterocycles. The monoisotopic (exact) mass is 509 g/mol. The van der Waals surface area contributed by atoms with E-state index in [9.17, 15) is 0 Å². The highest BCUT2D eigenvalue weighted by Crippen LogP contribution is 2.45. The van der Waals surface area contributed by atoms with Gasteiger partial charge in [0.25, 0.3) is 0 Å². The molecule has 7 aromatic rings. The Bertz CT molecular complexity index is 2160. The largest absolute Gasteiger partial charge is 0.256 e. The highest BCUT2D eigenvalue weighted by atomic mass is 14.7. The van der Waals surface area contributed by atoms with Crippen LogP contribution in [0.5, 0.6) is 0 Å². The number of fused-ring (bicyclic) bond motifs is 4. The van der Waals surface area contributed by atoms with Gasteiger partial charge in [0, 0.05) is 17.1 Å². The summed E-state index contributed by atoms with van der Waals surface area (Å²) in [6, 6.07) is 46.3. The second-order valence-corrected chi connectivity index (χ2v) is 10.6. The minimum absolute atomic E-state index is 1.04. The van der Waals surface area contributed by atoms with Crippen LogP contribution < -0.4 is 10.4 Å². The van der Waals surface area contributed by atoms with Gasteiger partial charge < -0.3 is 0 Å². The van der Waals surface area contributed by atoms with Crippen LogP contribution in [0.3, 0.4) is 0 Å². The highest BCUT2D eigenvalue weighted by Gasteiger charge is 2.21. The van der Waals surface area contributed by atoms with E-state index in [0.29, 0.717) is 0 Å². The number of rotatable bonds is 3. The molecule has 0 amide bonds. The van der Waals surface area contributed by atoms with E-state index in [4.69, 9.17) is 4.98 Å². The molecule has 0 saturated heterocycles. The standard InChI is InChI=1S/C39H27N/c1-3-16-28-26(12-1)14-9-22-30(28)31-18-5-6-19-33(31)37-34-20-7-8-21-35(34)38(39-36(37)24-11-25-40-39)32-23-10-15-27-13-2-4-17-29(27)32/h1-8,10-21,23-25H,9,22H2. The number of nitrogens with zero attached hydrogens (tertiary/aromatic N) is 1. The normalized spacial score (nSPS) is 12.9. The molecule has 0 atom stereocenters. The molecule has 0 spiro atoms. The molecule has 0 radical (unpaired) electrons. The van der Waals surface area contributed by atoms with E-state index in [0.717, 1.165) is 18.4 Å². The molecule has 1 aliphatic rings. The second kappa shape index (κ2) is 9.32. The van der Waals surface area contributed by atoms with Crippen LogP contribution in [0.1, 0.15) is 18.4 Å². The average molecular weight is 510 g/mol. The van der Waals surface area contributed by atoms with Gasteiger partial charge in [-0.1, -0.05) is 127 Å². The van der Waals surface area contributed by atoms with E-state index in [1.807, 2.05) is 6.20 Å². The summed E-state index contributed by atoms with van der Waals surface area (Å²) in [5.74, 6) is 0. The summed E-state index contributed by atoms with van der Waals surface area (Å²) >= 11 is 0. The quantitative estimate of drug-likeness (QED) is 0.217. The van der Waals surface area contributed by atoms with Crippen LogP contribution in [0.4, 0.5) is 0 Å². The number of aromatic nitrogens is 1. The SMILES string of the molecule is C1=c2ccccc2=C(c2ccccc2-c2c3ccccc3c(-c3cccc4ccccc34)c3ncccc23)CC1. The fourth-order valence-corrected chi connectivity index (χ4v) is 6.70.